The van der Waals surface area contributed by atoms with Crippen molar-refractivity contribution < 1.29 is 9.59 Å². The summed E-state index contributed by atoms with van der Waals surface area (Å²) in [6.07, 6.45) is 5.83. The van der Waals surface area contributed by atoms with E-state index in [0.29, 0.717) is 25.9 Å². The van der Waals surface area contributed by atoms with Crippen molar-refractivity contribution in [3.63, 3.8) is 0 Å². The molecule has 0 spiro atoms. The van der Waals surface area contributed by atoms with E-state index in [0.717, 1.165) is 38.6 Å². The molecule has 1 aliphatic heterocycles. The molecule has 1 fully saturated rings. The molecule has 2 aromatic rings. The maximum atomic E-state index is 12.8. The number of thiophene rings is 1. The number of carbonyl (C=O) groups is 2. The highest BCUT2D eigenvalue weighted by molar-refractivity contribution is 7.17. The number of nitrogens with one attached hydrogen (secondary N) is 1. The second-order valence-corrected chi connectivity index (χ2v) is 8.10. The number of rotatable bonds is 8. The number of fused-ring (bicyclic) bond motifs is 1. The van der Waals surface area contributed by atoms with Gasteiger partial charge in [0.15, 0.2) is 0 Å². The summed E-state index contributed by atoms with van der Waals surface area (Å²) >= 11 is 1.77. The topological polar surface area (TPSA) is 75.4 Å². The maximum absolute atomic E-state index is 12.8. The molecule has 1 unspecified atom stereocenters. The Hall–Kier alpha value is -1.92. The highest BCUT2D eigenvalue weighted by Gasteiger charge is 2.26. The van der Waals surface area contributed by atoms with Crippen LogP contribution in [0.4, 0.5) is 0 Å². The molecule has 2 amide bonds. The molecular formula is C21H29N3O2S. The van der Waals surface area contributed by atoms with Crippen molar-refractivity contribution in [2.45, 2.75) is 51.0 Å². The molecule has 1 saturated heterocycles. The van der Waals surface area contributed by atoms with Crippen LogP contribution < -0.4 is 11.1 Å². The summed E-state index contributed by atoms with van der Waals surface area (Å²) in [6.45, 7) is 1.70. The summed E-state index contributed by atoms with van der Waals surface area (Å²) in [5, 5.41) is 6.45. The summed E-state index contributed by atoms with van der Waals surface area (Å²) in [6, 6.07) is 8.56. The van der Waals surface area contributed by atoms with Crippen LogP contribution in [-0.4, -0.2) is 42.4 Å². The summed E-state index contributed by atoms with van der Waals surface area (Å²) in [5.41, 5.74) is 6.76. The molecule has 6 heteroatoms. The molecule has 1 aromatic carbocycles. The van der Waals surface area contributed by atoms with E-state index in [1.165, 1.54) is 15.6 Å². The van der Waals surface area contributed by atoms with Crippen molar-refractivity contribution in [2.24, 2.45) is 5.73 Å². The highest BCUT2D eigenvalue weighted by atomic mass is 32.1. The smallest absolute Gasteiger partial charge is 0.222 e. The fourth-order valence-corrected chi connectivity index (χ4v) is 4.79. The lowest BCUT2D eigenvalue weighted by Gasteiger charge is -2.36. The van der Waals surface area contributed by atoms with E-state index in [1.807, 2.05) is 4.90 Å². The zero-order valence-corrected chi connectivity index (χ0v) is 16.6. The van der Waals surface area contributed by atoms with Gasteiger partial charge in [0, 0.05) is 43.2 Å². The molecule has 0 saturated carbocycles. The summed E-state index contributed by atoms with van der Waals surface area (Å²) in [5.74, 6) is 0.187. The number of hydrogen-bond donors (Lipinski definition) is 2. The largest absolute Gasteiger partial charge is 0.354 e. The lowest BCUT2D eigenvalue weighted by molar-refractivity contribution is -0.135. The molecule has 0 bridgehead atoms. The SMILES string of the molecule is NCCC(=O)NCC1CCCCN1C(=O)CCCc1csc2ccccc12. The molecule has 5 nitrogen and oxygen atoms in total. The Bertz CT molecular complexity index is 774. The number of piperidine rings is 1. The Morgan fingerprint density at radius 3 is 2.93 bits per heavy atom. The second-order valence-electron chi connectivity index (χ2n) is 7.19. The molecule has 1 aromatic heterocycles. The minimum atomic E-state index is -0.0280. The summed E-state index contributed by atoms with van der Waals surface area (Å²) in [7, 11) is 0. The van der Waals surface area contributed by atoms with E-state index in [2.05, 4.69) is 35.0 Å². The van der Waals surface area contributed by atoms with Crippen molar-refractivity contribution in [2.75, 3.05) is 19.6 Å². The minimum Gasteiger partial charge on any atom is -0.354 e. The van der Waals surface area contributed by atoms with Gasteiger partial charge in [0.05, 0.1) is 0 Å². The van der Waals surface area contributed by atoms with Crippen LogP contribution in [0.5, 0.6) is 0 Å². The fraction of sp³-hybridized carbons (Fsp3) is 0.524. The lowest BCUT2D eigenvalue weighted by atomic mass is 10.0. The zero-order valence-electron chi connectivity index (χ0n) is 15.8. The van der Waals surface area contributed by atoms with Crippen LogP contribution in [-0.2, 0) is 16.0 Å². The number of nitrogens with two attached hydrogens (primary N) is 1. The molecular weight excluding hydrogens is 358 g/mol. The van der Waals surface area contributed by atoms with E-state index in [4.69, 9.17) is 5.73 Å². The molecule has 1 atom stereocenters. The van der Waals surface area contributed by atoms with Gasteiger partial charge in [0.25, 0.3) is 0 Å². The first-order valence-corrected chi connectivity index (χ1v) is 10.8. The third kappa shape index (κ3) is 5.30. The first kappa shape index (κ1) is 19.8. The van der Waals surface area contributed by atoms with Gasteiger partial charge in [-0.2, -0.15) is 0 Å². The monoisotopic (exact) mass is 387 g/mol. The quantitative estimate of drug-likeness (QED) is 0.731. The molecule has 3 rings (SSSR count). The third-order valence-electron chi connectivity index (χ3n) is 5.25. The number of benzene rings is 1. The van der Waals surface area contributed by atoms with E-state index in [-0.39, 0.29) is 17.9 Å². The zero-order chi connectivity index (χ0) is 19.1. The molecule has 0 aliphatic carbocycles. The normalized spacial score (nSPS) is 17.2. The Balaban J connectivity index is 1.50. The van der Waals surface area contributed by atoms with Crippen LogP contribution in [0.2, 0.25) is 0 Å². The number of likely N-dealkylation sites (tertiary alicyclic amines) is 1. The van der Waals surface area contributed by atoms with E-state index < -0.39 is 0 Å². The molecule has 3 N–H and O–H groups in total. The average molecular weight is 388 g/mol. The van der Waals surface area contributed by atoms with Crippen molar-refractivity contribution in [3.05, 3.63) is 35.2 Å². The van der Waals surface area contributed by atoms with Crippen LogP contribution in [0, 0.1) is 0 Å². The van der Waals surface area contributed by atoms with Gasteiger partial charge in [0.2, 0.25) is 11.8 Å². The van der Waals surface area contributed by atoms with Crippen LogP contribution in [0.15, 0.2) is 29.6 Å². The first-order chi connectivity index (χ1) is 13.2. The van der Waals surface area contributed by atoms with Crippen LogP contribution in [0.3, 0.4) is 0 Å². The van der Waals surface area contributed by atoms with Crippen LogP contribution in [0.1, 0.15) is 44.1 Å². The van der Waals surface area contributed by atoms with Gasteiger partial charge in [-0.3, -0.25) is 9.59 Å². The minimum absolute atomic E-state index is 0.0280. The van der Waals surface area contributed by atoms with E-state index >= 15 is 0 Å². The fourth-order valence-electron chi connectivity index (χ4n) is 3.79. The molecule has 27 heavy (non-hydrogen) atoms. The first-order valence-electron chi connectivity index (χ1n) is 9.90. The highest BCUT2D eigenvalue weighted by Crippen LogP contribution is 2.27. The molecule has 2 heterocycles. The number of nitrogens with zero attached hydrogens (tertiary/aromatic N) is 1. The van der Waals surface area contributed by atoms with Crippen molar-refractivity contribution >= 4 is 33.2 Å². The van der Waals surface area contributed by atoms with Gasteiger partial charge < -0.3 is 16.0 Å². The number of aryl methyl sites for hydroxylation is 1. The summed E-state index contributed by atoms with van der Waals surface area (Å²) < 4.78 is 1.31. The number of amides is 2. The molecule has 1 aliphatic rings. The Labute approximate surface area is 164 Å². The van der Waals surface area contributed by atoms with Gasteiger partial charge in [-0.05, 0) is 54.5 Å². The Morgan fingerprint density at radius 2 is 2.07 bits per heavy atom. The van der Waals surface area contributed by atoms with Crippen LogP contribution >= 0.6 is 11.3 Å². The van der Waals surface area contributed by atoms with Gasteiger partial charge >= 0.3 is 0 Å². The predicted octanol–water partition coefficient (Wildman–Crippen LogP) is 3.07. The van der Waals surface area contributed by atoms with Crippen molar-refractivity contribution in [1.82, 2.24) is 10.2 Å². The van der Waals surface area contributed by atoms with Gasteiger partial charge in [-0.15, -0.1) is 11.3 Å². The van der Waals surface area contributed by atoms with Gasteiger partial charge in [-0.1, -0.05) is 18.2 Å². The molecule has 146 valence electrons. The second kappa shape index (κ2) is 9.85. The summed E-state index contributed by atoms with van der Waals surface area (Å²) in [4.78, 5) is 26.4. The lowest BCUT2D eigenvalue weighted by Crippen LogP contribution is -2.49. The van der Waals surface area contributed by atoms with Crippen LogP contribution in [0.25, 0.3) is 10.1 Å². The van der Waals surface area contributed by atoms with E-state index in [1.54, 1.807) is 11.3 Å². The Kier molecular flexibility index (Phi) is 7.24. The number of hydrogen-bond acceptors (Lipinski definition) is 4. The standard InChI is InChI=1S/C21H29N3O2S/c22-12-11-20(25)23-14-17-7-3-4-13-24(17)21(26)10-5-6-16-15-27-19-9-2-1-8-18(16)19/h1-2,8-9,15,17H,3-7,10-14,22H2,(H,23,25). The third-order valence-corrected chi connectivity index (χ3v) is 6.26. The van der Waals surface area contributed by atoms with E-state index in [9.17, 15) is 9.59 Å². The van der Waals surface area contributed by atoms with Gasteiger partial charge in [-0.25, -0.2) is 0 Å². The average Bonchev–Trinajstić information content (AvgIpc) is 3.10. The van der Waals surface area contributed by atoms with Crippen molar-refractivity contribution in [1.29, 1.82) is 0 Å². The number of carbonyl (C=O) groups excluding carboxylic acids is 2. The molecule has 0 radical (unpaired) electrons. The maximum Gasteiger partial charge on any atom is 0.222 e. The Morgan fingerprint density at radius 1 is 1.22 bits per heavy atom. The van der Waals surface area contributed by atoms with Gasteiger partial charge in [0.1, 0.15) is 0 Å². The predicted molar refractivity (Wildman–Crippen MR) is 111 cm³/mol. The van der Waals surface area contributed by atoms with Crippen molar-refractivity contribution in [3.8, 4) is 0 Å².